The number of rotatable bonds is 3. The molecule has 1 heterocycles. The van der Waals surface area contributed by atoms with E-state index >= 15 is 0 Å². The van der Waals surface area contributed by atoms with E-state index in [2.05, 4.69) is 15.3 Å². The lowest BCUT2D eigenvalue weighted by Gasteiger charge is -2.08. The van der Waals surface area contributed by atoms with Crippen molar-refractivity contribution < 1.29 is 4.79 Å². The van der Waals surface area contributed by atoms with Crippen molar-refractivity contribution in [2.45, 2.75) is 13.0 Å². The van der Waals surface area contributed by atoms with Crippen LogP contribution < -0.4 is 11.1 Å². The minimum Gasteiger partial charge on any atom is -0.350 e. The number of hydrogen-bond donors (Lipinski definition) is 2. The lowest BCUT2D eigenvalue weighted by Crippen LogP contribution is -2.35. The van der Waals surface area contributed by atoms with Crippen LogP contribution >= 0.6 is 0 Å². The zero-order chi connectivity index (χ0) is 12.3. The van der Waals surface area contributed by atoms with E-state index in [1.54, 1.807) is 24.5 Å². The average Bonchev–Trinajstić information content (AvgIpc) is 2.35. The number of carbonyl (C=O) groups excluding carboxylic acids is 1. The Bertz CT molecular complexity index is 534. The smallest absolute Gasteiger partial charge is 0.253 e. The van der Waals surface area contributed by atoms with Gasteiger partial charge in [-0.2, -0.15) is 0 Å². The summed E-state index contributed by atoms with van der Waals surface area (Å²) in [5.41, 5.74) is 7.43. The molecule has 0 saturated carbocycles. The maximum absolute atomic E-state index is 11.9. The second-order valence-corrected chi connectivity index (χ2v) is 3.92. The normalized spacial score (nSPS) is 12.4. The summed E-state index contributed by atoms with van der Waals surface area (Å²) in [6, 6.07) is 5.27. The molecule has 2 aromatic rings. The van der Waals surface area contributed by atoms with Crippen LogP contribution in [0.15, 0.2) is 30.6 Å². The van der Waals surface area contributed by atoms with Gasteiger partial charge in [-0.1, -0.05) is 6.07 Å². The van der Waals surface area contributed by atoms with E-state index in [9.17, 15) is 4.79 Å². The number of benzene rings is 1. The van der Waals surface area contributed by atoms with E-state index in [1.165, 1.54) is 0 Å². The molecule has 3 N–H and O–H groups in total. The van der Waals surface area contributed by atoms with Crippen LogP contribution in [0, 0.1) is 0 Å². The van der Waals surface area contributed by atoms with Crippen LogP contribution in [0.25, 0.3) is 11.0 Å². The highest BCUT2D eigenvalue weighted by atomic mass is 16.1. The van der Waals surface area contributed by atoms with Crippen LogP contribution in [0.4, 0.5) is 0 Å². The number of nitrogens with two attached hydrogens (primary N) is 1. The highest BCUT2D eigenvalue weighted by Gasteiger charge is 2.11. The Morgan fingerprint density at radius 2 is 2.18 bits per heavy atom. The lowest BCUT2D eigenvalue weighted by atomic mass is 10.1. The summed E-state index contributed by atoms with van der Waals surface area (Å²) in [4.78, 5) is 20.3. The first-order valence-corrected chi connectivity index (χ1v) is 5.42. The van der Waals surface area contributed by atoms with Crippen molar-refractivity contribution in [2.24, 2.45) is 5.73 Å². The molecule has 2 rings (SSSR count). The highest BCUT2D eigenvalue weighted by molar-refractivity contribution is 6.04. The second-order valence-electron chi connectivity index (χ2n) is 3.92. The summed E-state index contributed by atoms with van der Waals surface area (Å²) in [6.45, 7) is 2.28. The Morgan fingerprint density at radius 3 is 2.94 bits per heavy atom. The SMILES string of the molecule is CC(N)CNC(=O)c1cccc2nccnc12. The first-order valence-electron chi connectivity index (χ1n) is 5.42. The fourth-order valence-electron chi connectivity index (χ4n) is 1.52. The Kier molecular flexibility index (Phi) is 3.30. The van der Waals surface area contributed by atoms with Gasteiger partial charge in [0.15, 0.2) is 0 Å². The molecule has 0 aliphatic heterocycles. The topological polar surface area (TPSA) is 80.9 Å². The van der Waals surface area contributed by atoms with Gasteiger partial charge in [0.25, 0.3) is 5.91 Å². The van der Waals surface area contributed by atoms with Crippen molar-refractivity contribution in [2.75, 3.05) is 6.54 Å². The molecule has 0 aliphatic rings. The summed E-state index contributed by atoms with van der Waals surface area (Å²) in [5, 5.41) is 2.76. The van der Waals surface area contributed by atoms with Gasteiger partial charge in [0.1, 0.15) is 5.52 Å². The van der Waals surface area contributed by atoms with Crippen molar-refractivity contribution in [1.29, 1.82) is 0 Å². The zero-order valence-electron chi connectivity index (χ0n) is 9.55. The van der Waals surface area contributed by atoms with E-state index in [-0.39, 0.29) is 11.9 Å². The van der Waals surface area contributed by atoms with Crippen molar-refractivity contribution in [3.05, 3.63) is 36.2 Å². The van der Waals surface area contributed by atoms with Gasteiger partial charge in [0.05, 0.1) is 11.1 Å². The van der Waals surface area contributed by atoms with Crippen LogP contribution in [-0.2, 0) is 0 Å². The maximum atomic E-state index is 11.9. The molecule has 0 radical (unpaired) electrons. The van der Waals surface area contributed by atoms with Gasteiger partial charge >= 0.3 is 0 Å². The number of para-hydroxylation sites is 1. The quantitative estimate of drug-likeness (QED) is 0.813. The number of nitrogens with zero attached hydrogens (tertiary/aromatic N) is 2. The van der Waals surface area contributed by atoms with Crippen LogP contribution in [0.2, 0.25) is 0 Å². The van der Waals surface area contributed by atoms with Gasteiger partial charge in [-0.15, -0.1) is 0 Å². The van der Waals surface area contributed by atoms with Gasteiger partial charge in [0.2, 0.25) is 0 Å². The fraction of sp³-hybridized carbons (Fsp3) is 0.250. The van der Waals surface area contributed by atoms with E-state index < -0.39 is 0 Å². The zero-order valence-corrected chi connectivity index (χ0v) is 9.55. The summed E-state index contributed by atoms with van der Waals surface area (Å²) in [7, 11) is 0. The first kappa shape index (κ1) is 11.5. The summed E-state index contributed by atoms with van der Waals surface area (Å²) >= 11 is 0. The number of nitrogens with one attached hydrogen (secondary N) is 1. The number of carbonyl (C=O) groups is 1. The molecule has 0 aliphatic carbocycles. The third-order valence-electron chi connectivity index (χ3n) is 2.33. The first-order chi connectivity index (χ1) is 8.18. The van der Waals surface area contributed by atoms with Gasteiger partial charge < -0.3 is 11.1 Å². The van der Waals surface area contributed by atoms with E-state index in [0.29, 0.717) is 23.1 Å². The number of amides is 1. The van der Waals surface area contributed by atoms with Crippen LogP contribution in [0.5, 0.6) is 0 Å². The molecule has 0 spiro atoms. The van der Waals surface area contributed by atoms with E-state index in [4.69, 9.17) is 5.73 Å². The number of fused-ring (bicyclic) bond motifs is 1. The molecular weight excluding hydrogens is 216 g/mol. The van der Waals surface area contributed by atoms with Crippen LogP contribution in [0.1, 0.15) is 17.3 Å². The largest absolute Gasteiger partial charge is 0.350 e. The summed E-state index contributed by atoms with van der Waals surface area (Å²) in [6.07, 6.45) is 3.18. The maximum Gasteiger partial charge on any atom is 0.253 e. The van der Waals surface area contributed by atoms with Gasteiger partial charge in [-0.3, -0.25) is 14.8 Å². The molecule has 1 aromatic carbocycles. The molecule has 1 unspecified atom stereocenters. The molecular formula is C12H14N4O. The van der Waals surface area contributed by atoms with Gasteiger partial charge in [-0.25, -0.2) is 0 Å². The van der Waals surface area contributed by atoms with Crippen molar-refractivity contribution in [3.8, 4) is 0 Å². The molecule has 0 bridgehead atoms. The predicted molar refractivity (Wildman–Crippen MR) is 65.5 cm³/mol. The molecule has 5 heteroatoms. The lowest BCUT2D eigenvalue weighted by molar-refractivity contribution is 0.0953. The monoisotopic (exact) mass is 230 g/mol. The summed E-state index contributed by atoms with van der Waals surface area (Å²) in [5.74, 6) is -0.173. The Labute approximate surface area is 99.1 Å². The van der Waals surface area contributed by atoms with Crippen LogP contribution in [0.3, 0.4) is 0 Å². The van der Waals surface area contributed by atoms with Gasteiger partial charge in [-0.05, 0) is 19.1 Å². The number of aromatic nitrogens is 2. The summed E-state index contributed by atoms with van der Waals surface area (Å²) < 4.78 is 0. The van der Waals surface area contributed by atoms with Crippen molar-refractivity contribution >= 4 is 16.9 Å². The molecule has 88 valence electrons. The minimum absolute atomic E-state index is 0.0694. The third kappa shape index (κ3) is 2.57. The van der Waals surface area contributed by atoms with Crippen molar-refractivity contribution in [3.63, 3.8) is 0 Å². The highest BCUT2D eigenvalue weighted by Crippen LogP contribution is 2.13. The minimum atomic E-state index is -0.173. The van der Waals surface area contributed by atoms with Gasteiger partial charge in [0, 0.05) is 25.0 Å². The van der Waals surface area contributed by atoms with Crippen molar-refractivity contribution in [1.82, 2.24) is 15.3 Å². The Balaban J connectivity index is 2.32. The third-order valence-corrected chi connectivity index (χ3v) is 2.33. The molecule has 1 atom stereocenters. The second kappa shape index (κ2) is 4.88. The average molecular weight is 230 g/mol. The molecule has 17 heavy (non-hydrogen) atoms. The van der Waals surface area contributed by atoms with E-state index in [0.717, 1.165) is 0 Å². The Hall–Kier alpha value is -2.01. The standard InChI is InChI=1S/C12H14N4O/c1-8(13)7-16-12(17)9-3-2-4-10-11(9)15-6-5-14-10/h2-6,8H,7,13H2,1H3,(H,16,17). The molecule has 0 saturated heterocycles. The number of hydrogen-bond acceptors (Lipinski definition) is 4. The molecule has 0 fully saturated rings. The molecule has 5 nitrogen and oxygen atoms in total. The predicted octanol–water partition coefficient (Wildman–Crippen LogP) is 0.707. The Morgan fingerprint density at radius 1 is 1.41 bits per heavy atom. The molecule has 1 amide bonds. The molecule has 1 aromatic heterocycles. The van der Waals surface area contributed by atoms with E-state index in [1.807, 2.05) is 13.0 Å². The fourth-order valence-corrected chi connectivity index (χ4v) is 1.52. The van der Waals surface area contributed by atoms with Crippen LogP contribution in [-0.4, -0.2) is 28.5 Å².